The average molecular weight is 229 g/mol. The maximum absolute atomic E-state index is 12.5. The van der Waals surface area contributed by atoms with Gasteiger partial charge in [0.05, 0.1) is 5.56 Å². The molecule has 0 radical (unpaired) electrons. The van der Waals surface area contributed by atoms with E-state index in [1.807, 2.05) is 7.05 Å². The molecule has 2 rings (SSSR count). The van der Waals surface area contributed by atoms with Gasteiger partial charge in [-0.15, -0.1) is 0 Å². The fourth-order valence-electron chi connectivity index (χ4n) is 2.01. The van der Waals surface area contributed by atoms with Crippen molar-refractivity contribution in [3.8, 4) is 0 Å². The molecule has 0 spiro atoms. The van der Waals surface area contributed by atoms with E-state index in [0.717, 1.165) is 30.6 Å². The van der Waals surface area contributed by atoms with E-state index in [1.54, 1.807) is 6.07 Å². The summed E-state index contributed by atoms with van der Waals surface area (Å²) in [6.07, 6.45) is -2.69. The molecule has 1 aliphatic rings. The third-order valence-corrected chi connectivity index (χ3v) is 3.06. The van der Waals surface area contributed by atoms with Crippen molar-refractivity contribution in [1.29, 1.82) is 0 Å². The van der Waals surface area contributed by atoms with Crippen molar-refractivity contribution >= 4 is 0 Å². The zero-order chi connectivity index (χ0) is 11.8. The van der Waals surface area contributed by atoms with Crippen LogP contribution in [0.1, 0.15) is 16.7 Å². The van der Waals surface area contributed by atoms with Crippen LogP contribution in [0.15, 0.2) is 18.2 Å². The number of fused-ring (bicyclic) bond motifs is 1. The first-order valence-electron chi connectivity index (χ1n) is 5.34. The highest BCUT2D eigenvalue weighted by Gasteiger charge is 2.31. The minimum absolute atomic E-state index is 0.532. The summed E-state index contributed by atoms with van der Waals surface area (Å²) in [5.41, 5.74) is 1.37. The van der Waals surface area contributed by atoms with Gasteiger partial charge in [0.1, 0.15) is 0 Å². The van der Waals surface area contributed by atoms with E-state index in [9.17, 15) is 13.2 Å². The molecule has 0 amide bonds. The van der Waals surface area contributed by atoms with Crippen LogP contribution in [0.4, 0.5) is 13.2 Å². The number of likely N-dealkylation sites (N-methyl/N-ethyl adjacent to an activating group) is 1. The smallest absolute Gasteiger partial charge is 0.306 e. The van der Waals surface area contributed by atoms with E-state index in [2.05, 4.69) is 4.90 Å². The Morgan fingerprint density at radius 3 is 2.31 bits per heavy atom. The summed E-state index contributed by atoms with van der Waals surface area (Å²) in [6.45, 7) is 1.74. The Hall–Kier alpha value is -1.03. The molecule has 0 unspecified atom stereocenters. The molecule has 0 aliphatic carbocycles. The topological polar surface area (TPSA) is 3.24 Å². The molecule has 88 valence electrons. The first-order chi connectivity index (χ1) is 7.47. The third kappa shape index (κ3) is 2.38. The second-order valence-electron chi connectivity index (χ2n) is 4.28. The first-order valence-corrected chi connectivity index (χ1v) is 5.34. The Morgan fingerprint density at radius 1 is 1.06 bits per heavy atom. The minimum atomic E-state index is -4.23. The Balaban J connectivity index is 2.32. The van der Waals surface area contributed by atoms with E-state index in [0.29, 0.717) is 6.42 Å². The van der Waals surface area contributed by atoms with E-state index in [1.165, 1.54) is 12.1 Å². The van der Waals surface area contributed by atoms with Gasteiger partial charge in [0.15, 0.2) is 0 Å². The van der Waals surface area contributed by atoms with Crippen LogP contribution in [0.5, 0.6) is 0 Å². The van der Waals surface area contributed by atoms with Gasteiger partial charge in [0, 0.05) is 13.1 Å². The highest BCUT2D eigenvalue weighted by Crippen LogP contribution is 2.31. The van der Waals surface area contributed by atoms with Gasteiger partial charge in [0.25, 0.3) is 0 Å². The zero-order valence-corrected chi connectivity index (χ0v) is 9.14. The highest BCUT2D eigenvalue weighted by molar-refractivity contribution is 5.34. The normalized spacial score (nSPS) is 18.0. The summed E-state index contributed by atoms with van der Waals surface area (Å²) < 4.78 is 37.6. The van der Waals surface area contributed by atoms with Crippen LogP contribution in [0, 0.1) is 0 Å². The zero-order valence-electron chi connectivity index (χ0n) is 9.14. The molecule has 0 saturated heterocycles. The third-order valence-electron chi connectivity index (χ3n) is 3.06. The van der Waals surface area contributed by atoms with Gasteiger partial charge in [-0.25, -0.2) is 0 Å². The van der Waals surface area contributed by atoms with Gasteiger partial charge < -0.3 is 4.90 Å². The van der Waals surface area contributed by atoms with Crippen LogP contribution in [0.25, 0.3) is 0 Å². The molecule has 1 aromatic carbocycles. The summed E-state index contributed by atoms with van der Waals surface area (Å²) in [7, 11) is 2.00. The molecule has 1 heterocycles. The molecular weight excluding hydrogens is 215 g/mol. The largest absolute Gasteiger partial charge is 0.416 e. The molecule has 0 bridgehead atoms. The number of benzene rings is 1. The summed E-state index contributed by atoms with van der Waals surface area (Å²) in [6, 6.07) is 4.11. The van der Waals surface area contributed by atoms with E-state index in [4.69, 9.17) is 0 Å². The number of hydrogen-bond donors (Lipinski definition) is 0. The molecule has 0 aromatic heterocycles. The van der Waals surface area contributed by atoms with E-state index < -0.39 is 11.7 Å². The Morgan fingerprint density at radius 2 is 1.69 bits per heavy atom. The molecule has 1 nitrogen and oxygen atoms in total. The van der Waals surface area contributed by atoms with Crippen LogP contribution < -0.4 is 0 Å². The van der Waals surface area contributed by atoms with Gasteiger partial charge >= 0.3 is 6.18 Å². The lowest BCUT2D eigenvalue weighted by Crippen LogP contribution is -2.20. The summed E-state index contributed by atoms with van der Waals surface area (Å²) in [5, 5.41) is 0. The minimum Gasteiger partial charge on any atom is -0.306 e. The molecule has 0 fully saturated rings. The van der Waals surface area contributed by atoms with Crippen molar-refractivity contribution in [3.05, 3.63) is 34.9 Å². The molecule has 1 aliphatic heterocycles. The maximum atomic E-state index is 12.5. The lowest BCUT2D eigenvalue weighted by molar-refractivity contribution is -0.137. The van der Waals surface area contributed by atoms with Gasteiger partial charge in [-0.1, -0.05) is 6.07 Å². The van der Waals surface area contributed by atoms with Gasteiger partial charge in [-0.05, 0) is 43.1 Å². The predicted octanol–water partition coefficient (Wildman–Crippen LogP) is 2.74. The Kier molecular flexibility index (Phi) is 2.93. The van der Waals surface area contributed by atoms with Crippen LogP contribution in [-0.4, -0.2) is 25.0 Å². The number of hydrogen-bond acceptors (Lipinski definition) is 1. The number of nitrogens with zero attached hydrogens (tertiary/aromatic N) is 1. The second kappa shape index (κ2) is 4.09. The van der Waals surface area contributed by atoms with Crippen molar-refractivity contribution in [2.45, 2.75) is 19.0 Å². The maximum Gasteiger partial charge on any atom is 0.416 e. The van der Waals surface area contributed by atoms with Gasteiger partial charge in [-0.3, -0.25) is 0 Å². The standard InChI is InChI=1S/C12H14F3N/c1-16-6-4-9-2-3-11(12(13,14)15)8-10(9)5-7-16/h2-3,8H,4-7H2,1H3. The highest BCUT2D eigenvalue weighted by atomic mass is 19.4. The monoisotopic (exact) mass is 229 g/mol. The van der Waals surface area contributed by atoms with Crippen molar-refractivity contribution in [3.63, 3.8) is 0 Å². The summed E-state index contributed by atoms with van der Waals surface area (Å²) in [5.74, 6) is 0. The lowest BCUT2D eigenvalue weighted by atomic mass is 10.00. The van der Waals surface area contributed by atoms with E-state index in [-0.39, 0.29) is 0 Å². The summed E-state index contributed by atoms with van der Waals surface area (Å²) >= 11 is 0. The van der Waals surface area contributed by atoms with Crippen molar-refractivity contribution in [2.75, 3.05) is 20.1 Å². The molecule has 0 saturated carbocycles. The molecule has 1 aromatic rings. The number of halogens is 3. The Labute approximate surface area is 92.9 Å². The van der Waals surface area contributed by atoms with Crippen molar-refractivity contribution in [2.24, 2.45) is 0 Å². The molecular formula is C12H14F3N. The quantitative estimate of drug-likeness (QED) is 0.661. The summed E-state index contributed by atoms with van der Waals surface area (Å²) in [4.78, 5) is 2.15. The molecule has 0 N–H and O–H groups in total. The molecule has 4 heteroatoms. The second-order valence-corrected chi connectivity index (χ2v) is 4.28. The number of alkyl halides is 3. The van der Waals surface area contributed by atoms with Crippen LogP contribution in [-0.2, 0) is 19.0 Å². The average Bonchev–Trinajstić information content (AvgIpc) is 2.39. The van der Waals surface area contributed by atoms with Crippen LogP contribution in [0.3, 0.4) is 0 Å². The van der Waals surface area contributed by atoms with Gasteiger partial charge in [-0.2, -0.15) is 13.2 Å². The predicted molar refractivity (Wildman–Crippen MR) is 56.3 cm³/mol. The molecule has 16 heavy (non-hydrogen) atoms. The number of rotatable bonds is 0. The van der Waals surface area contributed by atoms with Crippen molar-refractivity contribution in [1.82, 2.24) is 4.90 Å². The Bertz CT molecular complexity index is 384. The van der Waals surface area contributed by atoms with Crippen molar-refractivity contribution < 1.29 is 13.2 Å². The van der Waals surface area contributed by atoms with Gasteiger partial charge in [0.2, 0.25) is 0 Å². The fraction of sp³-hybridized carbons (Fsp3) is 0.500. The van der Waals surface area contributed by atoms with Crippen LogP contribution >= 0.6 is 0 Å². The first kappa shape index (κ1) is 11.5. The van der Waals surface area contributed by atoms with E-state index >= 15 is 0 Å². The fourth-order valence-corrected chi connectivity index (χ4v) is 2.01. The lowest BCUT2D eigenvalue weighted by Gasteiger charge is -2.11. The van der Waals surface area contributed by atoms with Crippen LogP contribution in [0.2, 0.25) is 0 Å². The molecule has 0 atom stereocenters. The SMILES string of the molecule is CN1CCc2ccc(C(F)(F)F)cc2CC1.